The third kappa shape index (κ3) is 3.66. The molecule has 0 fully saturated rings. The van der Waals surface area contributed by atoms with Gasteiger partial charge in [0.1, 0.15) is 0 Å². The molecule has 0 saturated heterocycles. The zero-order valence-corrected chi connectivity index (χ0v) is 7.70. The number of anilines is 1. The lowest BCUT2D eigenvalue weighted by Gasteiger charge is -1.94. The highest BCUT2D eigenvalue weighted by atomic mass is 15.0. The number of hydrogen-bond acceptors (Lipinski definition) is 4. The van der Waals surface area contributed by atoms with Gasteiger partial charge in [-0.25, -0.2) is 9.97 Å². The molecular formula is C9H14N4. The van der Waals surface area contributed by atoms with Gasteiger partial charge in [-0.05, 0) is 32.2 Å². The Bertz CT molecular complexity index is 283. The molecule has 0 aliphatic heterocycles. The minimum Gasteiger partial charge on any atom is -0.368 e. The third-order valence-corrected chi connectivity index (χ3v) is 1.55. The van der Waals surface area contributed by atoms with Crippen molar-refractivity contribution in [1.82, 2.24) is 15.3 Å². The molecule has 0 atom stereocenters. The molecule has 4 nitrogen and oxygen atoms in total. The lowest BCUT2D eigenvalue weighted by atomic mass is 10.3. The van der Waals surface area contributed by atoms with Crippen LogP contribution < -0.4 is 11.1 Å². The summed E-state index contributed by atoms with van der Waals surface area (Å²) in [5.74, 6) is 0.316. The monoisotopic (exact) mass is 178 g/mol. The highest BCUT2D eigenvalue weighted by Gasteiger charge is 1.89. The minimum absolute atomic E-state index is 0.316. The van der Waals surface area contributed by atoms with E-state index in [0.717, 1.165) is 18.7 Å². The fourth-order valence-corrected chi connectivity index (χ4v) is 0.913. The molecule has 0 aliphatic rings. The van der Waals surface area contributed by atoms with Gasteiger partial charge in [-0.2, -0.15) is 0 Å². The SMILES string of the molecule is CNCCC=Cc1ccnc(N)n1. The van der Waals surface area contributed by atoms with E-state index in [-0.39, 0.29) is 0 Å². The topological polar surface area (TPSA) is 63.8 Å². The van der Waals surface area contributed by atoms with E-state index < -0.39 is 0 Å². The second-order valence-corrected chi connectivity index (χ2v) is 2.63. The van der Waals surface area contributed by atoms with Crippen molar-refractivity contribution in [3.8, 4) is 0 Å². The summed E-state index contributed by atoms with van der Waals surface area (Å²) in [5, 5.41) is 3.06. The van der Waals surface area contributed by atoms with Crippen molar-refractivity contribution in [2.24, 2.45) is 0 Å². The van der Waals surface area contributed by atoms with Crippen molar-refractivity contribution < 1.29 is 0 Å². The first-order valence-electron chi connectivity index (χ1n) is 4.22. The van der Waals surface area contributed by atoms with Crippen molar-refractivity contribution in [2.75, 3.05) is 19.3 Å². The third-order valence-electron chi connectivity index (χ3n) is 1.55. The van der Waals surface area contributed by atoms with Crippen LogP contribution in [-0.4, -0.2) is 23.6 Å². The summed E-state index contributed by atoms with van der Waals surface area (Å²) in [6, 6.07) is 1.83. The summed E-state index contributed by atoms with van der Waals surface area (Å²) >= 11 is 0. The minimum atomic E-state index is 0.316. The maximum atomic E-state index is 5.42. The summed E-state index contributed by atoms with van der Waals surface area (Å²) in [6.45, 7) is 0.969. The molecule has 1 aromatic rings. The standard InChI is InChI=1S/C9H14N4/c1-11-6-3-2-4-8-5-7-12-9(10)13-8/h2,4-5,7,11H,3,6H2,1H3,(H2,10,12,13). The van der Waals surface area contributed by atoms with Crippen molar-refractivity contribution in [1.29, 1.82) is 0 Å². The second kappa shape index (κ2) is 5.27. The first-order chi connectivity index (χ1) is 6.33. The van der Waals surface area contributed by atoms with Crippen molar-refractivity contribution in [3.05, 3.63) is 24.0 Å². The summed E-state index contributed by atoms with van der Waals surface area (Å²) < 4.78 is 0. The van der Waals surface area contributed by atoms with Gasteiger partial charge in [0.15, 0.2) is 0 Å². The van der Waals surface area contributed by atoms with Crippen LogP contribution >= 0.6 is 0 Å². The average molecular weight is 178 g/mol. The number of hydrogen-bond donors (Lipinski definition) is 2. The zero-order valence-electron chi connectivity index (χ0n) is 7.70. The van der Waals surface area contributed by atoms with Gasteiger partial charge in [0.05, 0.1) is 5.69 Å². The van der Waals surface area contributed by atoms with Gasteiger partial charge in [0.25, 0.3) is 0 Å². The maximum absolute atomic E-state index is 5.42. The molecule has 0 radical (unpaired) electrons. The highest BCUT2D eigenvalue weighted by molar-refractivity contribution is 5.45. The lowest BCUT2D eigenvalue weighted by Crippen LogP contribution is -2.05. The lowest BCUT2D eigenvalue weighted by molar-refractivity contribution is 0.809. The van der Waals surface area contributed by atoms with E-state index >= 15 is 0 Å². The number of nitrogen functional groups attached to an aromatic ring is 1. The summed E-state index contributed by atoms with van der Waals surface area (Å²) in [7, 11) is 1.93. The Balaban J connectivity index is 2.48. The predicted octanol–water partition coefficient (Wildman–Crippen LogP) is 0.681. The molecule has 1 rings (SSSR count). The average Bonchev–Trinajstić information content (AvgIpc) is 2.13. The maximum Gasteiger partial charge on any atom is 0.220 e. The largest absolute Gasteiger partial charge is 0.368 e. The molecule has 4 heteroatoms. The van der Waals surface area contributed by atoms with E-state index in [2.05, 4.69) is 21.4 Å². The molecule has 1 heterocycles. The van der Waals surface area contributed by atoms with Gasteiger partial charge in [-0.15, -0.1) is 0 Å². The van der Waals surface area contributed by atoms with Gasteiger partial charge >= 0.3 is 0 Å². The molecule has 0 amide bonds. The van der Waals surface area contributed by atoms with E-state index in [1.807, 2.05) is 19.2 Å². The van der Waals surface area contributed by atoms with Crippen LogP contribution in [0.4, 0.5) is 5.95 Å². The number of rotatable bonds is 4. The van der Waals surface area contributed by atoms with Crippen LogP contribution in [0, 0.1) is 0 Å². The number of nitrogens with two attached hydrogens (primary N) is 1. The summed E-state index contributed by atoms with van der Waals surface area (Å²) in [6.07, 6.45) is 6.63. The number of aromatic nitrogens is 2. The molecule has 13 heavy (non-hydrogen) atoms. The van der Waals surface area contributed by atoms with Crippen LogP contribution in [0.1, 0.15) is 12.1 Å². The first kappa shape index (κ1) is 9.67. The smallest absolute Gasteiger partial charge is 0.220 e. The van der Waals surface area contributed by atoms with Gasteiger partial charge in [0, 0.05) is 6.20 Å². The Morgan fingerprint density at radius 2 is 2.46 bits per heavy atom. The van der Waals surface area contributed by atoms with Gasteiger partial charge < -0.3 is 11.1 Å². The highest BCUT2D eigenvalue weighted by Crippen LogP contribution is 1.99. The molecular weight excluding hydrogens is 164 g/mol. The normalized spacial score (nSPS) is 10.8. The molecule has 0 saturated carbocycles. The summed E-state index contributed by atoms with van der Waals surface area (Å²) in [4.78, 5) is 7.83. The van der Waals surface area contributed by atoms with Crippen LogP contribution in [0.15, 0.2) is 18.3 Å². The molecule has 1 aromatic heterocycles. The Morgan fingerprint density at radius 1 is 1.62 bits per heavy atom. The fourth-order valence-electron chi connectivity index (χ4n) is 0.913. The molecule has 0 aromatic carbocycles. The molecule has 0 aliphatic carbocycles. The molecule has 0 unspecified atom stereocenters. The Hall–Kier alpha value is -1.42. The second-order valence-electron chi connectivity index (χ2n) is 2.63. The number of nitrogens with zero attached hydrogens (tertiary/aromatic N) is 2. The van der Waals surface area contributed by atoms with E-state index in [0.29, 0.717) is 5.95 Å². The summed E-state index contributed by atoms with van der Waals surface area (Å²) in [5.41, 5.74) is 6.27. The Kier molecular flexibility index (Phi) is 3.92. The van der Waals surface area contributed by atoms with Crippen molar-refractivity contribution in [2.45, 2.75) is 6.42 Å². The predicted molar refractivity (Wildman–Crippen MR) is 54.0 cm³/mol. The van der Waals surface area contributed by atoms with Gasteiger partial charge in [-0.3, -0.25) is 0 Å². The zero-order chi connectivity index (χ0) is 9.52. The van der Waals surface area contributed by atoms with Crippen LogP contribution in [0.5, 0.6) is 0 Å². The van der Waals surface area contributed by atoms with Gasteiger partial charge in [0.2, 0.25) is 5.95 Å². The van der Waals surface area contributed by atoms with Crippen molar-refractivity contribution in [3.63, 3.8) is 0 Å². The van der Waals surface area contributed by atoms with Crippen LogP contribution in [0.3, 0.4) is 0 Å². The molecule has 0 bridgehead atoms. The van der Waals surface area contributed by atoms with Gasteiger partial charge in [-0.1, -0.05) is 6.08 Å². The van der Waals surface area contributed by atoms with Crippen LogP contribution in [0.25, 0.3) is 6.08 Å². The van der Waals surface area contributed by atoms with Crippen molar-refractivity contribution >= 4 is 12.0 Å². The van der Waals surface area contributed by atoms with E-state index in [9.17, 15) is 0 Å². The van der Waals surface area contributed by atoms with Crippen LogP contribution in [0.2, 0.25) is 0 Å². The van der Waals surface area contributed by atoms with E-state index in [4.69, 9.17) is 5.73 Å². The van der Waals surface area contributed by atoms with E-state index in [1.54, 1.807) is 6.20 Å². The fraction of sp³-hybridized carbons (Fsp3) is 0.333. The quantitative estimate of drug-likeness (QED) is 0.665. The Labute approximate surface area is 77.9 Å². The molecule has 3 N–H and O–H groups in total. The first-order valence-corrected chi connectivity index (χ1v) is 4.22. The molecule has 0 spiro atoms. The number of nitrogens with one attached hydrogen (secondary N) is 1. The molecule has 70 valence electrons. The van der Waals surface area contributed by atoms with Crippen LogP contribution in [-0.2, 0) is 0 Å². The Morgan fingerprint density at radius 3 is 3.15 bits per heavy atom. The van der Waals surface area contributed by atoms with E-state index in [1.165, 1.54) is 0 Å².